The molecule has 1 unspecified atom stereocenters. The lowest BCUT2D eigenvalue weighted by Gasteiger charge is -2.24. The number of nitrogens with zero attached hydrogens (tertiary/aromatic N) is 2. The summed E-state index contributed by atoms with van der Waals surface area (Å²) in [5.74, 6) is 0.104. The number of nitrogens with two attached hydrogens (primary N) is 1. The number of allylic oxidation sites excluding steroid dienone is 1. The van der Waals surface area contributed by atoms with Crippen LogP contribution in [0.5, 0.6) is 0 Å². The summed E-state index contributed by atoms with van der Waals surface area (Å²) in [6.07, 6.45) is 3.33. The average Bonchev–Trinajstić information content (AvgIpc) is 3.45. The first kappa shape index (κ1) is 27.1. The van der Waals surface area contributed by atoms with Crippen LogP contribution in [0.2, 0.25) is 0 Å². The number of hydrogen-bond donors (Lipinski definition) is 4. The smallest absolute Gasteiger partial charge is 0.244 e. The molecule has 0 saturated heterocycles. The Morgan fingerprint density at radius 1 is 1.07 bits per heavy atom. The minimum absolute atomic E-state index is 0.0455. The molecule has 5 rings (SSSR count). The van der Waals surface area contributed by atoms with Crippen molar-refractivity contribution >= 4 is 29.2 Å². The fraction of sp³-hybridized carbons (Fsp3) is 0.290. The largest absolute Gasteiger partial charge is 0.403 e. The Morgan fingerprint density at radius 3 is 2.62 bits per heavy atom. The van der Waals surface area contributed by atoms with Crippen LogP contribution in [0.15, 0.2) is 73.1 Å². The third-order valence-electron chi connectivity index (χ3n) is 7.66. The Kier molecular flexibility index (Phi) is 7.66. The van der Waals surface area contributed by atoms with Gasteiger partial charge in [-0.25, -0.2) is 4.98 Å². The number of pyridine rings is 1. The molecule has 1 atom stereocenters. The van der Waals surface area contributed by atoms with Gasteiger partial charge in [-0.15, -0.1) is 0 Å². The van der Waals surface area contributed by atoms with E-state index in [-0.39, 0.29) is 30.7 Å². The van der Waals surface area contributed by atoms with Crippen LogP contribution in [0.25, 0.3) is 0 Å². The molecule has 9 nitrogen and oxygen atoms in total. The van der Waals surface area contributed by atoms with Crippen molar-refractivity contribution in [3.63, 3.8) is 0 Å². The quantitative estimate of drug-likeness (QED) is 0.314. The predicted molar refractivity (Wildman–Crippen MR) is 154 cm³/mol. The molecule has 2 aliphatic rings. The molecule has 3 amide bonds. The second kappa shape index (κ2) is 11.3. The number of carbonyl (C=O) groups excluding carboxylic acids is 3. The van der Waals surface area contributed by atoms with E-state index in [2.05, 4.69) is 27.5 Å². The standard InChI is InChI=1S/C31H34N6O3/c1-20(32)9-12-28(39)37(18-23-7-4-3-6-22(23)17-33-2)19-27(38)35-25-11-10-21-15-31(16-24(21)14-25)26-8-5-13-34-29(26)36-30(31)40/h3-8,10-11,13-14,33H,1,9,12,15-19,32H2,2H3,(H,35,38)(H,34,36,40). The molecule has 1 spiro atoms. The molecule has 2 aromatic carbocycles. The van der Waals surface area contributed by atoms with E-state index in [1.54, 1.807) is 11.1 Å². The summed E-state index contributed by atoms with van der Waals surface area (Å²) in [4.78, 5) is 45.2. The molecule has 9 heteroatoms. The molecule has 1 aliphatic heterocycles. The number of hydrogen-bond acceptors (Lipinski definition) is 6. The molecule has 1 aromatic heterocycles. The van der Waals surface area contributed by atoms with Gasteiger partial charge < -0.3 is 26.6 Å². The molecule has 0 radical (unpaired) electrons. The van der Waals surface area contributed by atoms with Gasteiger partial charge in [-0.2, -0.15) is 0 Å². The minimum Gasteiger partial charge on any atom is -0.403 e. The number of anilines is 2. The molecule has 0 saturated carbocycles. The topological polar surface area (TPSA) is 129 Å². The van der Waals surface area contributed by atoms with Gasteiger partial charge in [0.2, 0.25) is 17.7 Å². The Balaban J connectivity index is 1.30. The summed E-state index contributed by atoms with van der Waals surface area (Å²) >= 11 is 0. The first-order valence-electron chi connectivity index (χ1n) is 13.4. The van der Waals surface area contributed by atoms with E-state index in [1.165, 1.54) is 0 Å². The number of fused-ring (bicyclic) bond motifs is 3. The third kappa shape index (κ3) is 5.46. The van der Waals surface area contributed by atoms with Crippen LogP contribution in [-0.4, -0.2) is 41.2 Å². The van der Waals surface area contributed by atoms with Crippen molar-refractivity contribution in [3.8, 4) is 0 Å². The van der Waals surface area contributed by atoms with E-state index < -0.39 is 5.41 Å². The van der Waals surface area contributed by atoms with Crippen LogP contribution in [0, 0.1) is 0 Å². The lowest BCUT2D eigenvalue weighted by atomic mass is 9.79. The van der Waals surface area contributed by atoms with Gasteiger partial charge in [0.15, 0.2) is 0 Å². The van der Waals surface area contributed by atoms with Gasteiger partial charge in [0.1, 0.15) is 12.4 Å². The fourth-order valence-corrected chi connectivity index (χ4v) is 5.66. The summed E-state index contributed by atoms with van der Waals surface area (Å²) in [7, 11) is 1.87. The lowest BCUT2D eigenvalue weighted by molar-refractivity contribution is -0.135. The first-order valence-corrected chi connectivity index (χ1v) is 13.4. The molecule has 3 aromatic rings. The number of amides is 3. The van der Waals surface area contributed by atoms with Crippen molar-refractivity contribution in [2.75, 3.05) is 24.2 Å². The molecule has 5 N–H and O–H groups in total. The van der Waals surface area contributed by atoms with Gasteiger partial charge in [0.05, 0.1) is 5.41 Å². The number of benzene rings is 2. The Morgan fingerprint density at radius 2 is 1.85 bits per heavy atom. The maximum absolute atomic E-state index is 13.2. The van der Waals surface area contributed by atoms with E-state index in [4.69, 9.17) is 5.73 Å². The lowest BCUT2D eigenvalue weighted by Crippen LogP contribution is -2.38. The maximum Gasteiger partial charge on any atom is 0.244 e. The van der Waals surface area contributed by atoms with E-state index in [0.29, 0.717) is 49.6 Å². The van der Waals surface area contributed by atoms with E-state index in [9.17, 15) is 14.4 Å². The summed E-state index contributed by atoms with van der Waals surface area (Å²) < 4.78 is 0. The highest BCUT2D eigenvalue weighted by molar-refractivity contribution is 6.06. The highest BCUT2D eigenvalue weighted by Crippen LogP contribution is 2.46. The first-order chi connectivity index (χ1) is 19.3. The number of rotatable bonds is 10. The molecule has 1 aliphatic carbocycles. The maximum atomic E-state index is 13.2. The predicted octanol–water partition coefficient (Wildman–Crippen LogP) is 3.01. The zero-order valence-electron chi connectivity index (χ0n) is 22.6. The monoisotopic (exact) mass is 538 g/mol. The Labute approximate surface area is 233 Å². The van der Waals surface area contributed by atoms with E-state index in [1.807, 2.05) is 61.6 Å². The molecule has 2 heterocycles. The van der Waals surface area contributed by atoms with Crippen LogP contribution in [0.1, 0.15) is 40.7 Å². The van der Waals surface area contributed by atoms with Crippen LogP contribution >= 0.6 is 0 Å². The number of aromatic nitrogens is 1. The Hall–Kier alpha value is -4.50. The van der Waals surface area contributed by atoms with Gasteiger partial charge in [-0.1, -0.05) is 43.0 Å². The highest BCUT2D eigenvalue weighted by atomic mass is 16.2. The second-order valence-electron chi connectivity index (χ2n) is 10.5. The van der Waals surface area contributed by atoms with Crippen LogP contribution < -0.4 is 21.7 Å². The normalized spacial score (nSPS) is 16.8. The molecular weight excluding hydrogens is 504 g/mol. The van der Waals surface area contributed by atoms with Crippen LogP contribution in [0.4, 0.5) is 11.5 Å². The summed E-state index contributed by atoms with van der Waals surface area (Å²) in [5.41, 5.74) is 11.1. The zero-order valence-corrected chi connectivity index (χ0v) is 22.6. The highest BCUT2D eigenvalue weighted by Gasteiger charge is 2.51. The second-order valence-corrected chi connectivity index (χ2v) is 10.5. The van der Waals surface area contributed by atoms with Crippen molar-refractivity contribution in [2.45, 2.75) is 44.2 Å². The Bertz CT molecular complexity index is 1490. The SMILES string of the molecule is C=C(N)CCC(=O)N(CC(=O)Nc1ccc2c(c1)CC1(C2)C(=O)Nc2ncccc21)Cc1ccccc1CNC. The van der Waals surface area contributed by atoms with E-state index in [0.717, 1.165) is 27.8 Å². The van der Waals surface area contributed by atoms with Crippen molar-refractivity contribution in [1.29, 1.82) is 0 Å². The molecule has 0 fully saturated rings. The van der Waals surface area contributed by atoms with Crippen molar-refractivity contribution in [1.82, 2.24) is 15.2 Å². The summed E-state index contributed by atoms with van der Waals surface area (Å²) in [5, 5.41) is 9.02. The van der Waals surface area contributed by atoms with Crippen LogP contribution in [-0.2, 0) is 45.7 Å². The van der Waals surface area contributed by atoms with Gasteiger partial charge >= 0.3 is 0 Å². The van der Waals surface area contributed by atoms with E-state index >= 15 is 0 Å². The third-order valence-corrected chi connectivity index (χ3v) is 7.66. The molecular formula is C31H34N6O3. The fourth-order valence-electron chi connectivity index (χ4n) is 5.66. The minimum atomic E-state index is -0.675. The van der Waals surface area contributed by atoms with Gasteiger partial charge in [-0.05, 0) is 66.8 Å². The van der Waals surface area contributed by atoms with Gasteiger partial charge in [-0.3, -0.25) is 14.4 Å². The summed E-state index contributed by atoms with van der Waals surface area (Å²) in [6, 6.07) is 17.4. The van der Waals surface area contributed by atoms with Gasteiger partial charge in [0, 0.05) is 42.7 Å². The molecule has 206 valence electrons. The van der Waals surface area contributed by atoms with Crippen molar-refractivity contribution in [3.05, 3.63) is 101 Å². The van der Waals surface area contributed by atoms with Gasteiger partial charge in [0.25, 0.3) is 0 Å². The molecule has 40 heavy (non-hydrogen) atoms. The van der Waals surface area contributed by atoms with Crippen LogP contribution in [0.3, 0.4) is 0 Å². The van der Waals surface area contributed by atoms with Crippen molar-refractivity contribution < 1.29 is 14.4 Å². The zero-order chi connectivity index (χ0) is 28.3. The number of nitrogens with one attached hydrogen (secondary N) is 3. The average molecular weight is 539 g/mol. The summed E-state index contributed by atoms with van der Waals surface area (Å²) in [6.45, 7) is 4.54. The van der Waals surface area contributed by atoms with Crippen molar-refractivity contribution in [2.24, 2.45) is 5.73 Å². The molecule has 0 bridgehead atoms. The number of carbonyl (C=O) groups is 3.